The molecule has 1 saturated heterocycles. The minimum absolute atomic E-state index is 0.158. The van der Waals surface area contributed by atoms with Gasteiger partial charge in [0, 0.05) is 42.9 Å². The van der Waals surface area contributed by atoms with Crippen molar-refractivity contribution >= 4 is 21.6 Å². The zero-order valence-electron chi connectivity index (χ0n) is 14.2. The van der Waals surface area contributed by atoms with Gasteiger partial charge in [-0.15, -0.1) is 0 Å². The molecule has 0 aliphatic carbocycles. The first-order valence-corrected chi connectivity index (χ1v) is 9.30. The van der Waals surface area contributed by atoms with Gasteiger partial charge in [-0.05, 0) is 24.3 Å². The Labute approximate surface area is 160 Å². The average Bonchev–Trinajstić information content (AvgIpc) is 2.62. The molecule has 140 valence electrons. The first-order valence-electron chi connectivity index (χ1n) is 8.50. The number of anilines is 1. The molecule has 2 aromatic rings. The number of aliphatic hydroxyl groups is 1. The third-order valence-electron chi connectivity index (χ3n) is 4.35. The maximum atomic E-state index is 13.7. The molecule has 4 nitrogen and oxygen atoms in total. The summed E-state index contributed by atoms with van der Waals surface area (Å²) in [5.74, 6) is -2.04. The molecule has 1 N–H and O–H groups in total. The first-order chi connectivity index (χ1) is 12.5. The van der Waals surface area contributed by atoms with E-state index in [-0.39, 0.29) is 6.61 Å². The smallest absolute Gasteiger partial charge is 0.190 e. The van der Waals surface area contributed by atoms with Crippen molar-refractivity contribution in [1.82, 2.24) is 4.90 Å². The number of benzene rings is 2. The summed E-state index contributed by atoms with van der Waals surface area (Å²) in [6.07, 6.45) is -0.819. The Morgan fingerprint density at radius 2 is 1.65 bits per heavy atom. The van der Waals surface area contributed by atoms with Gasteiger partial charge in [0.15, 0.2) is 17.4 Å². The Hall–Kier alpha value is -1.70. The second-order valence-corrected chi connectivity index (χ2v) is 7.20. The van der Waals surface area contributed by atoms with Crippen LogP contribution in [0.2, 0.25) is 0 Å². The predicted molar refractivity (Wildman–Crippen MR) is 101 cm³/mol. The quantitative estimate of drug-likeness (QED) is 0.768. The number of rotatable bonds is 6. The fourth-order valence-corrected chi connectivity index (χ4v) is 3.43. The van der Waals surface area contributed by atoms with E-state index < -0.39 is 23.5 Å². The molecule has 0 radical (unpaired) electrons. The molecule has 2 aromatic carbocycles. The largest absolute Gasteiger partial charge is 0.485 e. The number of β-amino-alcohol motifs (C(OH)–C–C–N with tert-alkyl or cyclic N) is 1. The van der Waals surface area contributed by atoms with E-state index in [1.165, 1.54) is 5.69 Å². The van der Waals surface area contributed by atoms with Crippen molar-refractivity contribution in [1.29, 1.82) is 0 Å². The molecule has 1 aliphatic heterocycles. The fourth-order valence-electron chi connectivity index (χ4n) is 3.02. The number of para-hydroxylation sites is 1. The number of hydrogen-bond donors (Lipinski definition) is 1. The highest BCUT2D eigenvalue weighted by Gasteiger charge is 2.20. The van der Waals surface area contributed by atoms with Crippen LogP contribution in [0.15, 0.2) is 46.9 Å². The standard InChI is InChI=1S/C19H21BrF2N2O2/c20-14-10-17(21)19(18(22)11-14)26-13-16(25)12-23-6-8-24(9-7-23)15-4-2-1-3-5-15/h1-5,10-11,16,25H,6-9,12-13H2. The van der Waals surface area contributed by atoms with Crippen molar-refractivity contribution in [3.63, 3.8) is 0 Å². The number of ether oxygens (including phenoxy) is 1. The van der Waals surface area contributed by atoms with Gasteiger partial charge < -0.3 is 14.7 Å². The summed E-state index contributed by atoms with van der Waals surface area (Å²) in [5.41, 5.74) is 1.19. The minimum atomic E-state index is -0.819. The molecular formula is C19H21BrF2N2O2. The van der Waals surface area contributed by atoms with E-state index in [2.05, 4.69) is 37.9 Å². The summed E-state index contributed by atoms with van der Waals surface area (Å²) in [5, 5.41) is 10.1. The van der Waals surface area contributed by atoms with Crippen LogP contribution in [-0.4, -0.2) is 55.4 Å². The second-order valence-electron chi connectivity index (χ2n) is 6.29. The Balaban J connectivity index is 1.45. The Bertz CT molecular complexity index is 702. The van der Waals surface area contributed by atoms with Gasteiger partial charge in [-0.25, -0.2) is 8.78 Å². The van der Waals surface area contributed by atoms with E-state index in [0.29, 0.717) is 11.0 Å². The van der Waals surface area contributed by atoms with Crippen molar-refractivity contribution in [2.24, 2.45) is 0 Å². The zero-order chi connectivity index (χ0) is 18.5. The van der Waals surface area contributed by atoms with Gasteiger partial charge in [-0.2, -0.15) is 0 Å². The lowest BCUT2D eigenvalue weighted by Gasteiger charge is -2.36. The van der Waals surface area contributed by atoms with Crippen LogP contribution in [0.3, 0.4) is 0 Å². The van der Waals surface area contributed by atoms with E-state index >= 15 is 0 Å². The summed E-state index contributed by atoms with van der Waals surface area (Å²) in [6, 6.07) is 12.5. The molecule has 3 rings (SSSR count). The summed E-state index contributed by atoms with van der Waals surface area (Å²) in [7, 11) is 0. The number of aliphatic hydroxyl groups excluding tert-OH is 1. The van der Waals surface area contributed by atoms with Crippen LogP contribution in [-0.2, 0) is 0 Å². The van der Waals surface area contributed by atoms with Crippen molar-refractivity contribution in [2.75, 3.05) is 44.2 Å². The molecule has 0 bridgehead atoms. The summed E-state index contributed by atoms with van der Waals surface area (Å²) in [4.78, 5) is 4.42. The van der Waals surface area contributed by atoms with Crippen LogP contribution >= 0.6 is 15.9 Å². The van der Waals surface area contributed by atoms with Gasteiger partial charge >= 0.3 is 0 Å². The van der Waals surface area contributed by atoms with Crippen LogP contribution in [0, 0.1) is 11.6 Å². The Morgan fingerprint density at radius 1 is 1.04 bits per heavy atom. The van der Waals surface area contributed by atoms with Gasteiger partial charge in [0.2, 0.25) is 0 Å². The summed E-state index contributed by atoms with van der Waals surface area (Å²) < 4.78 is 32.9. The maximum absolute atomic E-state index is 13.7. The SMILES string of the molecule is OC(COc1c(F)cc(Br)cc1F)CN1CCN(c2ccccc2)CC1. The van der Waals surface area contributed by atoms with Crippen molar-refractivity contribution in [3.05, 3.63) is 58.6 Å². The monoisotopic (exact) mass is 426 g/mol. The molecule has 1 atom stereocenters. The lowest BCUT2D eigenvalue weighted by molar-refractivity contribution is 0.0634. The van der Waals surface area contributed by atoms with E-state index in [4.69, 9.17) is 4.74 Å². The number of piperazine rings is 1. The highest BCUT2D eigenvalue weighted by molar-refractivity contribution is 9.10. The second kappa shape index (κ2) is 8.79. The lowest BCUT2D eigenvalue weighted by Crippen LogP contribution is -2.49. The highest BCUT2D eigenvalue weighted by Crippen LogP contribution is 2.26. The number of hydrogen-bond acceptors (Lipinski definition) is 4. The van der Waals surface area contributed by atoms with Crippen molar-refractivity contribution in [2.45, 2.75) is 6.10 Å². The maximum Gasteiger partial charge on any atom is 0.190 e. The molecule has 1 unspecified atom stereocenters. The summed E-state index contributed by atoms with van der Waals surface area (Å²) >= 11 is 3.02. The van der Waals surface area contributed by atoms with E-state index in [9.17, 15) is 13.9 Å². The van der Waals surface area contributed by atoms with E-state index in [0.717, 1.165) is 38.3 Å². The average molecular weight is 427 g/mol. The Kier molecular flexibility index (Phi) is 6.45. The van der Waals surface area contributed by atoms with Gasteiger partial charge in [0.1, 0.15) is 12.7 Å². The zero-order valence-corrected chi connectivity index (χ0v) is 15.8. The molecular weight excluding hydrogens is 406 g/mol. The lowest BCUT2D eigenvalue weighted by atomic mass is 10.2. The van der Waals surface area contributed by atoms with Gasteiger partial charge in [-0.3, -0.25) is 4.90 Å². The number of nitrogens with zero attached hydrogens (tertiary/aromatic N) is 2. The van der Waals surface area contributed by atoms with Crippen LogP contribution in [0.4, 0.5) is 14.5 Å². The van der Waals surface area contributed by atoms with Gasteiger partial charge in [0.05, 0.1) is 0 Å². The molecule has 26 heavy (non-hydrogen) atoms. The van der Waals surface area contributed by atoms with E-state index in [1.54, 1.807) is 0 Å². The predicted octanol–water partition coefficient (Wildman–Crippen LogP) is 3.29. The first kappa shape index (κ1) is 19.1. The molecule has 1 fully saturated rings. The molecule has 0 saturated carbocycles. The van der Waals surface area contributed by atoms with Crippen molar-refractivity contribution in [3.8, 4) is 5.75 Å². The Morgan fingerprint density at radius 3 is 2.27 bits per heavy atom. The molecule has 0 spiro atoms. The van der Waals surface area contributed by atoms with Crippen LogP contribution in [0.25, 0.3) is 0 Å². The van der Waals surface area contributed by atoms with Crippen LogP contribution in [0.1, 0.15) is 0 Å². The third kappa shape index (κ3) is 4.93. The topological polar surface area (TPSA) is 35.9 Å². The van der Waals surface area contributed by atoms with Crippen LogP contribution < -0.4 is 9.64 Å². The normalized spacial score (nSPS) is 16.5. The summed E-state index contributed by atoms with van der Waals surface area (Å²) in [6.45, 7) is 3.61. The number of halogens is 3. The molecule has 0 aromatic heterocycles. The molecule has 1 aliphatic rings. The fraction of sp³-hybridized carbons (Fsp3) is 0.368. The van der Waals surface area contributed by atoms with Gasteiger partial charge in [-0.1, -0.05) is 34.1 Å². The molecule has 7 heteroatoms. The minimum Gasteiger partial charge on any atom is -0.485 e. The highest BCUT2D eigenvalue weighted by atomic mass is 79.9. The third-order valence-corrected chi connectivity index (χ3v) is 4.80. The molecule has 1 heterocycles. The van der Waals surface area contributed by atoms with Gasteiger partial charge in [0.25, 0.3) is 0 Å². The van der Waals surface area contributed by atoms with Crippen molar-refractivity contribution < 1.29 is 18.6 Å². The van der Waals surface area contributed by atoms with Crippen LogP contribution in [0.5, 0.6) is 5.75 Å². The van der Waals surface area contributed by atoms with E-state index in [1.807, 2.05) is 18.2 Å². The molecule has 0 amide bonds.